The molecule has 0 aliphatic carbocycles. The Morgan fingerprint density at radius 2 is 1.89 bits per heavy atom. The average molecular weight is 274 g/mol. The number of halogens is 1. The van der Waals surface area contributed by atoms with Gasteiger partial charge in [0.1, 0.15) is 5.82 Å². The summed E-state index contributed by atoms with van der Waals surface area (Å²) in [5, 5.41) is 0.374. The van der Waals surface area contributed by atoms with Crippen molar-refractivity contribution in [3.63, 3.8) is 0 Å². The van der Waals surface area contributed by atoms with E-state index in [1.54, 1.807) is 18.2 Å². The van der Waals surface area contributed by atoms with E-state index in [2.05, 4.69) is 4.98 Å². The Hall–Kier alpha value is -2.33. The van der Waals surface area contributed by atoms with Crippen LogP contribution in [0.3, 0.4) is 0 Å². The second-order valence-corrected chi connectivity index (χ2v) is 4.39. The zero-order valence-electron chi connectivity index (χ0n) is 10.0. The molecule has 96 valence electrons. The maximum atomic E-state index is 12.0. The van der Waals surface area contributed by atoms with E-state index in [0.29, 0.717) is 16.3 Å². The van der Waals surface area contributed by atoms with E-state index in [4.69, 9.17) is 23.1 Å². The Balaban J connectivity index is 2.21. The average Bonchev–Trinajstić information content (AvgIpc) is 2.40. The van der Waals surface area contributed by atoms with E-state index in [1.165, 1.54) is 18.3 Å². The number of nitrogens with two attached hydrogens (primary N) is 2. The first kappa shape index (κ1) is 13.1. The molecular formula is C14H12ClN3O. The van der Waals surface area contributed by atoms with E-state index in [0.717, 1.165) is 5.56 Å². The third-order valence-electron chi connectivity index (χ3n) is 2.51. The Morgan fingerprint density at radius 3 is 2.58 bits per heavy atom. The number of benzene rings is 1. The summed E-state index contributed by atoms with van der Waals surface area (Å²) in [6.07, 6.45) is 4.51. The summed E-state index contributed by atoms with van der Waals surface area (Å²) in [5.41, 5.74) is 13.1. The van der Waals surface area contributed by atoms with Crippen LogP contribution in [-0.2, 0) is 0 Å². The molecule has 0 unspecified atom stereocenters. The highest BCUT2D eigenvalue weighted by molar-refractivity contribution is 6.31. The zero-order chi connectivity index (χ0) is 13.8. The van der Waals surface area contributed by atoms with Crippen LogP contribution in [0.1, 0.15) is 15.9 Å². The van der Waals surface area contributed by atoms with Gasteiger partial charge in [0.15, 0.2) is 5.78 Å². The molecule has 19 heavy (non-hydrogen) atoms. The summed E-state index contributed by atoms with van der Waals surface area (Å²) in [6.45, 7) is 0. The molecule has 0 saturated carbocycles. The van der Waals surface area contributed by atoms with Crippen molar-refractivity contribution in [1.29, 1.82) is 0 Å². The molecule has 0 amide bonds. The number of rotatable bonds is 3. The summed E-state index contributed by atoms with van der Waals surface area (Å²) in [4.78, 5) is 15.8. The molecule has 2 rings (SSSR count). The molecule has 0 spiro atoms. The molecule has 4 N–H and O–H groups in total. The van der Waals surface area contributed by atoms with Gasteiger partial charge in [-0.15, -0.1) is 0 Å². The Labute approximate surface area is 115 Å². The summed E-state index contributed by atoms with van der Waals surface area (Å²) >= 11 is 5.79. The van der Waals surface area contributed by atoms with E-state index in [-0.39, 0.29) is 11.6 Å². The molecule has 0 aliphatic heterocycles. The maximum Gasteiger partial charge on any atom is 0.189 e. The van der Waals surface area contributed by atoms with Crippen molar-refractivity contribution in [2.24, 2.45) is 0 Å². The lowest BCUT2D eigenvalue weighted by molar-refractivity contribution is 0.104. The number of allylic oxidation sites excluding steroid dienone is 1. The van der Waals surface area contributed by atoms with E-state index in [1.807, 2.05) is 12.1 Å². The van der Waals surface area contributed by atoms with Gasteiger partial charge in [0.25, 0.3) is 0 Å². The van der Waals surface area contributed by atoms with Crippen molar-refractivity contribution in [3.05, 3.63) is 58.8 Å². The van der Waals surface area contributed by atoms with E-state index < -0.39 is 0 Å². The molecule has 2 aromatic rings. The third kappa shape index (κ3) is 3.33. The van der Waals surface area contributed by atoms with Crippen LogP contribution in [0.15, 0.2) is 42.6 Å². The van der Waals surface area contributed by atoms with Crippen LogP contribution in [-0.4, -0.2) is 10.8 Å². The highest BCUT2D eigenvalue weighted by Gasteiger charge is 2.08. The van der Waals surface area contributed by atoms with E-state index >= 15 is 0 Å². The Bertz CT molecular complexity index is 636. The standard InChI is InChI=1S/C14H12ClN3O/c15-10-7-12(14(17)18-8-10)13(19)6-3-9-1-4-11(16)5-2-9/h1-8H,16H2,(H2,17,18)/b6-3+. The number of nitrogen functional groups attached to an aromatic ring is 2. The van der Waals surface area contributed by atoms with Crippen molar-refractivity contribution < 1.29 is 4.79 Å². The van der Waals surface area contributed by atoms with Gasteiger partial charge in [-0.25, -0.2) is 4.98 Å². The smallest absolute Gasteiger partial charge is 0.189 e. The Kier molecular flexibility index (Phi) is 3.82. The van der Waals surface area contributed by atoms with Gasteiger partial charge in [0.2, 0.25) is 0 Å². The molecule has 1 aromatic heterocycles. The molecule has 5 heteroatoms. The SMILES string of the molecule is Nc1ccc(/C=C/C(=O)c2cc(Cl)cnc2N)cc1. The first-order valence-corrected chi connectivity index (χ1v) is 5.93. The normalized spacial score (nSPS) is 10.8. The second kappa shape index (κ2) is 5.54. The third-order valence-corrected chi connectivity index (χ3v) is 2.72. The number of aromatic nitrogens is 1. The Morgan fingerprint density at radius 1 is 1.21 bits per heavy atom. The molecule has 0 radical (unpaired) electrons. The van der Waals surface area contributed by atoms with Gasteiger partial charge in [-0.3, -0.25) is 4.79 Å². The van der Waals surface area contributed by atoms with Gasteiger partial charge in [0.05, 0.1) is 10.6 Å². The molecule has 0 bridgehead atoms. The van der Waals surface area contributed by atoms with Gasteiger partial charge in [-0.05, 0) is 29.8 Å². The molecular weight excluding hydrogens is 262 g/mol. The minimum Gasteiger partial charge on any atom is -0.399 e. The van der Waals surface area contributed by atoms with Gasteiger partial charge in [-0.1, -0.05) is 29.8 Å². The fourth-order valence-corrected chi connectivity index (χ4v) is 1.67. The van der Waals surface area contributed by atoms with Gasteiger partial charge >= 0.3 is 0 Å². The summed E-state index contributed by atoms with van der Waals surface area (Å²) in [5.74, 6) is -0.0827. The van der Waals surface area contributed by atoms with E-state index in [9.17, 15) is 4.79 Å². The minimum absolute atomic E-state index is 0.163. The van der Waals surface area contributed by atoms with Crippen LogP contribution in [0.5, 0.6) is 0 Å². The predicted molar refractivity (Wildman–Crippen MR) is 77.9 cm³/mol. The number of carbonyl (C=O) groups is 1. The number of nitrogens with zero attached hydrogens (tertiary/aromatic N) is 1. The first-order chi connectivity index (χ1) is 9.06. The summed E-state index contributed by atoms with van der Waals surface area (Å²) < 4.78 is 0. The minimum atomic E-state index is -0.246. The van der Waals surface area contributed by atoms with Crippen LogP contribution in [0.4, 0.5) is 11.5 Å². The molecule has 1 aromatic carbocycles. The van der Waals surface area contributed by atoms with Crippen molar-refractivity contribution in [2.75, 3.05) is 11.5 Å². The highest BCUT2D eigenvalue weighted by Crippen LogP contribution is 2.16. The monoisotopic (exact) mass is 273 g/mol. The first-order valence-electron chi connectivity index (χ1n) is 5.55. The predicted octanol–water partition coefficient (Wildman–Crippen LogP) is 2.80. The van der Waals surface area contributed by atoms with Crippen molar-refractivity contribution in [2.45, 2.75) is 0 Å². The van der Waals surface area contributed by atoms with Crippen molar-refractivity contribution >= 4 is 35.0 Å². The lowest BCUT2D eigenvalue weighted by atomic mass is 10.1. The fraction of sp³-hybridized carbons (Fsp3) is 0. The molecule has 0 fully saturated rings. The van der Waals surface area contributed by atoms with Crippen LogP contribution in [0.25, 0.3) is 6.08 Å². The summed E-state index contributed by atoms with van der Waals surface area (Å²) in [6, 6.07) is 8.66. The largest absolute Gasteiger partial charge is 0.399 e. The van der Waals surface area contributed by atoms with Gasteiger partial charge < -0.3 is 11.5 Å². The lowest BCUT2D eigenvalue weighted by Crippen LogP contribution is -2.02. The summed E-state index contributed by atoms with van der Waals surface area (Å²) in [7, 11) is 0. The fourth-order valence-electron chi connectivity index (χ4n) is 1.52. The number of hydrogen-bond donors (Lipinski definition) is 2. The van der Waals surface area contributed by atoms with Crippen LogP contribution in [0, 0.1) is 0 Å². The molecule has 1 heterocycles. The maximum absolute atomic E-state index is 12.0. The molecule has 0 atom stereocenters. The number of ketones is 1. The zero-order valence-corrected chi connectivity index (χ0v) is 10.8. The van der Waals surface area contributed by atoms with Crippen molar-refractivity contribution in [3.8, 4) is 0 Å². The van der Waals surface area contributed by atoms with Crippen LogP contribution in [0.2, 0.25) is 5.02 Å². The topological polar surface area (TPSA) is 82.0 Å². The number of anilines is 2. The number of hydrogen-bond acceptors (Lipinski definition) is 4. The highest BCUT2D eigenvalue weighted by atomic mass is 35.5. The van der Waals surface area contributed by atoms with Crippen molar-refractivity contribution in [1.82, 2.24) is 4.98 Å². The van der Waals surface area contributed by atoms with Crippen LogP contribution < -0.4 is 11.5 Å². The molecule has 0 aliphatic rings. The number of pyridine rings is 1. The van der Waals surface area contributed by atoms with Gasteiger partial charge in [-0.2, -0.15) is 0 Å². The quantitative estimate of drug-likeness (QED) is 0.512. The number of carbonyl (C=O) groups excluding carboxylic acids is 1. The molecule has 0 saturated heterocycles. The second-order valence-electron chi connectivity index (χ2n) is 3.95. The molecule has 4 nitrogen and oxygen atoms in total. The lowest BCUT2D eigenvalue weighted by Gasteiger charge is -2.01. The van der Waals surface area contributed by atoms with Crippen LogP contribution >= 0.6 is 11.6 Å². The van der Waals surface area contributed by atoms with Gasteiger partial charge in [0, 0.05) is 11.9 Å².